The fourth-order valence-corrected chi connectivity index (χ4v) is 3.65. The molecule has 0 bridgehead atoms. The number of aromatic nitrogens is 4. The largest absolute Gasteiger partial charge is 0.435 e. The predicted octanol–water partition coefficient (Wildman–Crippen LogP) is 4.24. The molecule has 32 heavy (non-hydrogen) atoms. The van der Waals surface area contributed by atoms with Gasteiger partial charge in [-0.15, -0.1) is 0 Å². The Morgan fingerprint density at radius 1 is 1.16 bits per heavy atom. The number of pyridine rings is 1. The Morgan fingerprint density at radius 3 is 2.84 bits per heavy atom. The molecule has 3 aromatic heterocycles. The zero-order valence-electron chi connectivity index (χ0n) is 16.8. The van der Waals surface area contributed by atoms with Gasteiger partial charge in [0, 0.05) is 48.0 Å². The molecule has 0 saturated carbocycles. The first-order chi connectivity index (χ1) is 15.7. The summed E-state index contributed by atoms with van der Waals surface area (Å²) in [5.41, 5.74) is 3.36. The van der Waals surface area contributed by atoms with Gasteiger partial charge in [-0.25, -0.2) is 4.98 Å². The monoisotopic (exact) mass is 444 g/mol. The molecule has 158 valence electrons. The van der Waals surface area contributed by atoms with E-state index in [1.807, 2.05) is 18.2 Å². The quantitative estimate of drug-likeness (QED) is 0.424. The van der Waals surface area contributed by atoms with Gasteiger partial charge in [0.2, 0.25) is 5.89 Å². The summed E-state index contributed by atoms with van der Waals surface area (Å²) in [5, 5.41) is 12.7. The summed E-state index contributed by atoms with van der Waals surface area (Å²) in [7, 11) is 0. The standard InChI is InChI=1S/C23H17ClN6O2/c24-19-5-2-1-4-18(19)22-21(20-7-10-26-29-20)28-23(32-22)15-6-9-25-16(12-15)13-17(31)14-30-11-3-8-27-30/h1-6,8-12H,7,13-14H2. The van der Waals surface area contributed by atoms with Crippen molar-refractivity contribution in [3.63, 3.8) is 0 Å². The van der Waals surface area contributed by atoms with Crippen LogP contribution in [0.25, 0.3) is 22.8 Å². The third kappa shape index (κ3) is 4.13. The molecule has 0 unspecified atom stereocenters. The van der Waals surface area contributed by atoms with Crippen LogP contribution >= 0.6 is 11.6 Å². The van der Waals surface area contributed by atoms with Crippen LogP contribution in [0.3, 0.4) is 0 Å². The molecule has 0 fully saturated rings. The third-order valence-corrected chi connectivity index (χ3v) is 5.23. The van der Waals surface area contributed by atoms with Gasteiger partial charge in [-0.3, -0.25) is 14.5 Å². The van der Waals surface area contributed by atoms with Crippen molar-refractivity contribution in [3.8, 4) is 22.8 Å². The highest BCUT2D eigenvalue weighted by molar-refractivity contribution is 6.33. The Balaban J connectivity index is 1.47. The van der Waals surface area contributed by atoms with Gasteiger partial charge in [-0.05, 0) is 30.3 Å². The van der Waals surface area contributed by atoms with E-state index in [0.717, 1.165) is 5.56 Å². The second-order valence-electron chi connectivity index (χ2n) is 7.18. The number of carbonyl (C=O) groups is 1. The minimum atomic E-state index is 0.000611. The van der Waals surface area contributed by atoms with Crippen molar-refractivity contribution in [1.82, 2.24) is 19.7 Å². The maximum Gasteiger partial charge on any atom is 0.227 e. The van der Waals surface area contributed by atoms with Crippen molar-refractivity contribution >= 4 is 29.3 Å². The average molecular weight is 445 g/mol. The van der Waals surface area contributed by atoms with Gasteiger partial charge in [-0.1, -0.05) is 23.7 Å². The Bertz CT molecular complexity index is 1340. The second-order valence-corrected chi connectivity index (χ2v) is 7.59. The molecule has 1 aliphatic heterocycles. The van der Waals surface area contributed by atoms with E-state index in [1.165, 1.54) is 0 Å². The van der Waals surface area contributed by atoms with Crippen molar-refractivity contribution in [2.75, 3.05) is 0 Å². The predicted molar refractivity (Wildman–Crippen MR) is 121 cm³/mol. The fraction of sp³-hybridized carbons (Fsp3) is 0.130. The normalized spacial score (nSPS) is 12.8. The number of carbonyl (C=O) groups excluding carboxylic acids is 1. The molecule has 0 atom stereocenters. The lowest BCUT2D eigenvalue weighted by atomic mass is 10.1. The van der Waals surface area contributed by atoms with E-state index >= 15 is 0 Å². The Labute approximate surface area is 188 Å². The number of hydrogen-bond acceptors (Lipinski definition) is 7. The first kappa shape index (κ1) is 20.0. The molecular weight excluding hydrogens is 428 g/mol. The smallest absolute Gasteiger partial charge is 0.227 e. The Morgan fingerprint density at radius 2 is 2.06 bits per heavy atom. The maximum atomic E-state index is 12.4. The molecule has 9 heteroatoms. The Hall–Kier alpha value is -3.91. The molecule has 1 aliphatic rings. The maximum absolute atomic E-state index is 12.4. The number of benzene rings is 1. The van der Waals surface area contributed by atoms with E-state index in [4.69, 9.17) is 21.0 Å². The highest BCUT2D eigenvalue weighted by atomic mass is 35.5. The lowest BCUT2D eigenvalue weighted by Gasteiger charge is -2.03. The number of nitrogens with zero attached hydrogens (tertiary/aromatic N) is 6. The van der Waals surface area contributed by atoms with Crippen molar-refractivity contribution < 1.29 is 9.21 Å². The summed E-state index contributed by atoms with van der Waals surface area (Å²) >= 11 is 6.42. The molecule has 5 rings (SSSR count). The Kier molecular flexibility index (Phi) is 5.43. The number of hydrogen-bond donors (Lipinski definition) is 0. The number of Topliss-reactive ketones (excluding diaryl/α,β-unsaturated/α-hetero) is 1. The highest BCUT2D eigenvalue weighted by Crippen LogP contribution is 2.35. The van der Waals surface area contributed by atoms with Crippen LogP contribution in [0.2, 0.25) is 5.02 Å². The first-order valence-electron chi connectivity index (χ1n) is 9.96. The van der Waals surface area contributed by atoms with E-state index in [2.05, 4.69) is 20.3 Å². The van der Waals surface area contributed by atoms with Crippen LogP contribution in [0.4, 0.5) is 0 Å². The number of oxazole rings is 1. The van der Waals surface area contributed by atoms with Gasteiger partial charge in [0.1, 0.15) is 5.69 Å². The molecule has 1 aromatic carbocycles. The van der Waals surface area contributed by atoms with Crippen LogP contribution in [0.5, 0.6) is 0 Å². The van der Waals surface area contributed by atoms with Gasteiger partial charge >= 0.3 is 0 Å². The summed E-state index contributed by atoms with van der Waals surface area (Å²) in [6.45, 7) is 0.193. The molecule has 0 saturated heterocycles. The van der Waals surface area contributed by atoms with E-state index in [1.54, 1.807) is 53.8 Å². The van der Waals surface area contributed by atoms with Gasteiger partial charge in [-0.2, -0.15) is 15.3 Å². The molecule has 4 aromatic rings. The van der Waals surface area contributed by atoms with E-state index in [0.29, 0.717) is 45.8 Å². The van der Waals surface area contributed by atoms with Crippen LogP contribution in [-0.2, 0) is 17.8 Å². The molecule has 0 amide bonds. The number of rotatable bonds is 7. The lowest BCUT2D eigenvalue weighted by Crippen LogP contribution is -2.13. The SMILES string of the molecule is O=C(Cc1cc(-c2nc(C3=NN=CC3)c(-c3ccccc3Cl)o2)ccn1)Cn1cccn1. The summed E-state index contributed by atoms with van der Waals surface area (Å²) in [4.78, 5) is 21.4. The summed E-state index contributed by atoms with van der Waals surface area (Å²) < 4.78 is 7.76. The molecule has 8 nitrogen and oxygen atoms in total. The van der Waals surface area contributed by atoms with Crippen molar-refractivity contribution in [2.24, 2.45) is 10.2 Å². The molecule has 0 spiro atoms. The van der Waals surface area contributed by atoms with E-state index in [9.17, 15) is 4.79 Å². The van der Waals surface area contributed by atoms with Crippen LogP contribution in [0.1, 0.15) is 17.8 Å². The van der Waals surface area contributed by atoms with Gasteiger partial charge < -0.3 is 4.42 Å². The fourth-order valence-electron chi connectivity index (χ4n) is 3.43. The van der Waals surface area contributed by atoms with Crippen LogP contribution in [-0.4, -0.2) is 37.5 Å². The van der Waals surface area contributed by atoms with Crippen LogP contribution < -0.4 is 0 Å². The van der Waals surface area contributed by atoms with Gasteiger partial charge in [0.05, 0.1) is 23.7 Å². The topological polar surface area (TPSA) is 98.5 Å². The molecule has 0 N–H and O–H groups in total. The van der Waals surface area contributed by atoms with Crippen molar-refractivity contribution in [2.45, 2.75) is 19.4 Å². The minimum Gasteiger partial charge on any atom is -0.435 e. The van der Waals surface area contributed by atoms with Gasteiger partial charge in [0.25, 0.3) is 0 Å². The van der Waals surface area contributed by atoms with Crippen molar-refractivity contribution in [1.29, 1.82) is 0 Å². The molecule has 0 radical (unpaired) electrons. The number of halogens is 1. The molecule has 0 aliphatic carbocycles. The minimum absolute atomic E-state index is 0.000611. The molecule has 4 heterocycles. The lowest BCUT2D eigenvalue weighted by molar-refractivity contribution is -0.119. The summed E-state index contributed by atoms with van der Waals surface area (Å²) in [6, 6.07) is 12.8. The zero-order chi connectivity index (χ0) is 21.9. The highest BCUT2D eigenvalue weighted by Gasteiger charge is 2.23. The van der Waals surface area contributed by atoms with Crippen LogP contribution in [0.15, 0.2) is 75.7 Å². The zero-order valence-corrected chi connectivity index (χ0v) is 17.6. The number of ketones is 1. The van der Waals surface area contributed by atoms with E-state index < -0.39 is 0 Å². The third-order valence-electron chi connectivity index (χ3n) is 4.90. The summed E-state index contributed by atoms with van der Waals surface area (Å²) in [6.07, 6.45) is 7.49. The van der Waals surface area contributed by atoms with Gasteiger partial charge in [0.15, 0.2) is 11.5 Å². The van der Waals surface area contributed by atoms with Crippen molar-refractivity contribution in [3.05, 3.63) is 77.5 Å². The average Bonchev–Trinajstić information content (AvgIpc) is 3.56. The van der Waals surface area contributed by atoms with Crippen LogP contribution in [0, 0.1) is 0 Å². The molecular formula is C23H17ClN6O2. The first-order valence-corrected chi connectivity index (χ1v) is 10.3. The summed E-state index contributed by atoms with van der Waals surface area (Å²) in [5.74, 6) is 0.927. The second kappa shape index (κ2) is 8.68. The van der Waals surface area contributed by atoms with E-state index in [-0.39, 0.29) is 18.7 Å².